The molecule has 0 saturated carbocycles. The second kappa shape index (κ2) is 8.77. The first-order valence-electron chi connectivity index (χ1n) is 7.10. The molecule has 0 amide bonds. The lowest BCUT2D eigenvalue weighted by Crippen LogP contribution is -2.36. The van der Waals surface area contributed by atoms with E-state index in [9.17, 15) is 4.89 Å². The van der Waals surface area contributed by atoms with Crippen molar-refractivity contribution in [1.82, 2.24) is 0 Å². The van der Waals surface area contributed by atoms with Crippen molar-refractivity contribution in [2.24, 2.45) is 0 Å². The Bertz CT molecular complexity index is 317. The molecule has 4 nitrogen and oxygen atoms in total. The molecule has 2 unspecified atom stereocenters. The van der Waals surface area contributed by atoms with Gasteiger partial charge in [0.05, 0.1) is 6.10 Å². The summed E-state index contributed by atoms with van der Waals surface area (Å²) in [6.07, 6.45) is -0.844. The highest BCUT2D eigenvalue weighted by molar-refractivity contribution is 8.77. The fourth-order valence-corrected chi connectivity index (χ4v) is 4.52. The summed E-state index contributed by atoms with van der Waals surface area (Å²) >= 11 is 0. The minimum absolute atomic E-state index is 0.0792. The third kappa shape index (κ3) is 6.98. The lowest BCUT2D eigenvalue weighted by Gasteiger charge is -2.26. The van der Waals surface area contributed by atoms with Gasteiger partial charge in [-0.2, -0.15) is 0 Å². The second-order valence-corrected chi connectivity index (χ2v) is 11.3. The predicted molar refractivity (Wildman–Crippen MR) is 93.9 cm³/mol. The summed E-state index contributed by atoms with van der Waals surface area (Å²) in [6.45, 7) is 12.2. The summed E-state index contributed by atoms with van der Waals surface area (Å²) in [5.41, 5.74) is 0.0792. The first kappa shape index (κ1) is 20.1. The Hall–Kier alpha value is 1.03. The Morgan fingerprint density at radius 1 is 1.33 bits per heavy atom. The van der Waals surface area contributed by atoms with Crippen molar-refractivity contribution in [3.8, 4) is 0 Å². The largest absolute Gasteiger partial charge is 0.379 e. The van der Waals surface area contributed by atoms with Crippen LogP contribution in [0.3, 0.4) is 0 Å². The molecule has 122 valence electrons. The van der Waals surface area contributed by atoms with Gasteiger partial charge in [-0.3, -0.25) is 0 Å². The molecule has 1 saturated heterocycles. The third-order valence-electron chi connectivity index (χ3n) is 2.77. The van der Waals surface area contributed by atoms with Crippen LogP contribution in [0.2, 0.25) is 0 Å². The first-order valence-corrected chi connectivity index (χ1v) is 10.7. The number of ether oxygens (including phenoxy) is 2. The maximum atomic E-state index is 9.97. The van der Waals surface area contributed by atoms with Gasteiger partial charge in [0.2, 0.25) is 0 Å². The average molecular weight is 352 g/mol. The van der Waals surface area contributed by atoms with E-state index in [0.717, 1.165) is 0 Å². The molecule has 1 aliphatic heterocycles. The van der Waals surface area contributed by atoms with E-state index in [4.69, 9.17) is 21.8 Å². The first-order chi connectivity index (χ1) is 9.61. The van der Waals surface area contributed by atoms with Gasteiger partial charge in [-0.1, -0.05) is 56.2 Å². The molecule has 8 heteroatoms. The summed E-state index contributed by atoms with van der Waals surface area (Å²) in [4.78, 5) is 9.97. The van der Waals surface area contributed by atoms with Gasteiger partial charge in [-0.15, -0.1) is 0 Å². The van der Waals surface area contributed by atoms with Gasteiger partial charge in [0.15, 0.2) is 8.38 Å². The summed E-state index contributed by atoms with van der Waals surface area (Å²) in [6, 6.07) is -0.513. The molecule has 21 heavy (non-hydrogen) atoms. The van der Waals surface area contributed by atoms with Crippen LogP contribution in [0.25, 0.3) is 0 Å². The quantitative estimate of drug-likeness (QED) is 0.249. The maximum absolute atomic E-state index is 9.97. The Kier molecular flexibility index (Phi) is 8.38. The van der Waals surface area contributed by atoms with Gasteiger partial charge in [0.1, 0.15) is 26.0 Å². The second-order valence-electron chi connectivity index (χ2n) is 6.33. The Morgan fingerprint density at radius 3 is 2.48 bits per heavy atom. The average Bonchev–Trinajstić information content (AvgIpc) is 2.59. The summed E-state index contributed by atoms with van der Waals surface area (Å²) in [7, 11) is 7.89. The zero-order valence-corrected chi connectivity index (χ0v) is 16.1. The lowest BCUT2D eigenvalue weighted by molar-refractivity contribution is 0.0132. The van der Waals surface area contributed by atoms with E-state index in [1.54, 1.807) is 21.6 Å². The summed E-state index contributed by atoms with van der Waals surface area (Å²) in [5.74, 6) is 0.515. The van der Waals surface area contributed by atoms with E-state index in [1.165, 1.54) is 0 Å². The van der Waals surface area contributed by atoms with Crippen LogP contribution >= 0.6 is 30.0 Å². The van der Waals surface area contributed by atoms with Crippen LogP contribution < -0.4 is 0 Å². The van der Waals surface area contributed by atoms with Crippen LogP contribution in [0.5, 0.6) is 0 Å². The standard InChI is InChI=1S/C13H26BO4PS2/c1-8(2)19(15)18-10-9(3)17-12(14)11(10)16-7-20-21-13(4,5)6/h8-12,15H,7H2,1-6H3/t9-,10?,11+,12-,19?/m1/s1. The molecule has 1 N–H and O–H groups in total. The molecule has 0 bridgehead atoms. The van der Waals surface area contributed by atoms with Gasteiger partial charge < -0.3 is 18.9 Å². The van der Waals surface area contributed by atoms with Gasteiger partial charge in [0.25, 0.3) is 0 Å². The maximum Gasteiger partial charge on any atom is 0.170 e. The minimum atomic E-state index is -1.49. The Morgan fingerprint density at radius 2 is 1.95 bits per heavy atom. The van der Waals surface area contributed by atoms with Crippen LogP contribution in [0.4, 0.5) is 0 Å². The fourth-order valence-electron chi connectivity index (χ4n) is 1.75. The predicted octanol–water partition coefficient (Wildman–Crippen LogP) is 3.52. The third-order valence-corrected chi connectivity index (χ3v) is 7.11. The topological polar surface area (TPSA) is 47.9 Å². The highest BCUT2D eigenvalue weighted by Crippen LogP contribution is 2.43. The molecule has 2 radical (unpaired) electrons. The number of hydrogen-bond donors (Lipinski definition) is 1. The molecule has 0 aromatic rings. The van der Waals surface area contributed by atoms with Crippen LogP contribution in [-0.2, 0) is 14.0 Å². The number of hydrogen-bond acceptors (Lipinski definition) is 6. The molecular formula is C13H26BO4PS2. The SMILES string of the molecule is [B][C@@H]1O[C@H](C)C(OP(O)C(C)C)[C@@H]1OCSSC(C)(C)C. The Balaban J connectivity index is 2.48. The highest BCUT2D eigenvalue weighted by atomic mass is 33.1. The van der Waals surface area contributed by atoms with E-state index in [2.05, 4.69) is 20.8 Å². The van der Waals surface area contributed by atoms with Crippen molar-refractivity contribution >= 4 is 37.8 Å². The van der Waals surface area contributed by atoms with Crippen molar-refractivity contribution in [1.29, 1.82) is 0 Å². The molecule has 1 rings (SSSR count). The molecule has 0 aliphatic carbocycles. The highest BCUT2D eigenvalue weighted by Gasteiger charge is 2.43. The lowest BCUT2D eigenvalue weighted by atomic mass is 9.93. The van der Waals surface area contributed by atoms with E-state index < -0.39 is 14.4 Å². The summed E-state index contributed by atoms with van der Waals surface area (Å²) in [5, 5.41) is 0. The molecule has 5 atom stereocenters. The van der Waals surface area contributed by atoms with Gasteiger partial charge in [0, 0.05) is 16.4 Å². The molecular weight excluding hydrogens is 326 g/mol. The molecule has 0 aromatic heterocycles. The van der Waals surface area contributed by atoms with E-state index in [1.807, 2.05) is 20.8 Å². The normalized spacial score (nSPS) is 31.8. The van der Waals surface area contributed by atoms with Crippen molar-refractivity contribution in [3.05, 3.63) is 0 Å². The Labute approximate surface area is 139 Å². The van der Waals surface area contributed by atoms with Crippen molar-refractivity contribution in [2.75, 3.05) is 5.94 Å². The minimum Gasteiger partial charge on any atom is -0.379 e. The monoisotopic (exact) mass is 352 g/mol. The summed E-state index contributed by atoms with van der Waals surface area (Å²) < 4.78 is 17.3. The van der Waals surface area contributed by atoms with Crippen molar-refractivity contribution in [3.63, 3.8) is 0 Å². The van der Waals surface area contributed by atoms with Crippen molar-refractivity contribution < 1.29 is 18.9 Å². The van der Waals surface area contributed by atoms with E-state index >= 15 is 0 Å². The zero-order chi connectivity index (χ0) is 16.2. The molecule has 1 heterocycles. The van der Waals surface area contributed by atoms with E-state index in [-0.39, 0.29) is 28.7 Å². The van der Waals surface area contributed by atoms with Gasteiger partial charge in [-0.05, 0) is 6.92 Å². The van der Waals surface area contributed by atoms with Crippen molar-refractivity contribution in [2.45, 2.75) is 76.3 Å². The molecule has 1 fully saturated rings. The van der Waals surface area contributed by atoms with Gasteiger partial charge in [-0.25, -0.2) is 0 Å². The van der Waals surface area contributed by atoms with Crippen LogP contribution in [0, 0.1) is 0 Å². The fraction of sp³-hybridized carbons (Fsp3) is 1.00. The number of rotatable bonds is 7. The zero-order valence-electron chi connectivity index (χ0n) is 13.6. The molecule has 1 aliphatic rings. The van der Waals surface area contributed by atoms with Crippen LogP contribution in [-0.4, -0.2) is 53.4 Å². The molecule has 0 spiro atoms. The van der Waals surface area contributed by atoms with E-state index in [0.29, 0.717) is 5.94 Å². The van der Waals surface area contributed by atoms with Crippen LogP contribution in [0.15, 0.2) is 0 Å². The smallest absolute Gasteiger partial charge is 0.170 e. The van der Waals surface area contributed by atoms with Crippen LogP contribution in [0.1, 0.15) is 41.5 Å². The molecule has 0 aromatic carbocycles. The van der Waals surface area contributed by atoms with Gasteiger partial charge >= 0.3 is 0 Å².